The molecule has 1 aromatic heterocycles. The summed E-state index contributed by atoms with van der Waals surface area (Å²) in [6, 6.07) is 5.49. The van der Waals surface area contributed by atoms with Gasteiger partial charge in [-0.3, -0.25) is 9.78 Å². The first kappa shape index (κ1) is 11.1. The Hall–Kier alpha value is -1.44. The summed E-state index contributed by atoms with van der Waals surface area (Å²) in [6.45, 7) is 0. The first-order valence-electron chi connectivity index (χ1n) is 6.03. The molecule has 0 saturated carbocycles. The van der Waals surface area contributed by atoms with Crippen molar-refractivity contribution in [3.05, 3.63) is 41.7 Å². The van der Waals surface area contributed by atoms with Crippen LogP contribution in [0.5, 0.6) is 0 Å². The lowest BCUT2D eigenvalue weighted by Gasteiger charge is -2.09. The van der Waals surface area contributed by atoms with Crippen molar-refractivity contribution in [3.63, 3.8) is 0 Å². The molecule has 0 N–H and O–H groups in total. The molecule has 0 unspecified atom stereocenters. The topological polar surface area (TPSA) is 30.0 Å². The maximum Gasteiger partial charge on any atom is 0.206 e. The van der Waals surface area contributed by atoms with Crippen LogP contribution in [0.1, 0.15) is 49.0 Å². The van der Waals surface area contributed by atoms with Gasteiger partial charge in [0.2, 0.25) is 5.78 Å². The van der Waals surface area contributed by atoms with E-state index in [-0.39, 0.29) is 5.78 Å². The summed E-state index contributed by atoms with van der Waals surface area (Å²) in [4.78, 5) is 16.3. The first-order chi connectivity index (χ1) is 7.88. The van der Waals surface area contributed by atoms with Gasteiger partial charge < -0.3 is 0 Å². The summed E-state index contributed by atoms with van der Waals surface area (Å²) >= 11 is 0. The third kappa shape index (κ3) is 2.78. The number of hydrogen-bond donors (Lipinski definition) is 0. The van der Waals surface area contributed by atoms with E-state index in [1.807, 2.05) is 12.1 Å². The molecule has 16 heavy (non-hydrogen) atoms. The van der Waals surface area contributed by atoms with Crippen LogP contribution in [-0.2, 0) is 0 Å². The number of Topliss-reactive ketones (excluding diaryl/α,β-unsaturated/α-hetero) is 1. The van der Waals surface area contributed by atoms with Gasteiger partial charge in [0.1, 0.15) is 5.69 Å². The molecule has 2 nitrogen and oxygen atoms in total. The van der Waals surface area contributed by atoms with E-state index in [2.05, 4.69) is 11.1 Å². The fourth-order valence-corrected chi connectivity index (χ4v) is 2.06. The molecule has 1 aliphatic carbocycles. The van der Waals surface area contributed by atoms with Crippen LogP contribution in [0, 0.1) is 0 Å². The van der Waals surface area contributed by atoms with Gasteiger partial charge in [0, 0.05) is 6.20 Å². The Kier molecular flexibility index (Phi) is 3.86. The summed E-state index contributed by atoms with van der Waals surface area (Å²) in [6.07, 6.45) is 10.6. The number of aromatic nitrogens is 1. The molecule has 0 fully saturated rings. The van der Waals surface area contributed by atoms with Crippen molar-refractivity contribution >= 4 is 5.78 Å². The third-order valence-corrected chi connectivity index (χ3v) is 2.98. The Bertz CT molecular complexity index is 381. The number of hydrogen-bond acceptors (Lipinski definition) is 2. The molecule has 0 atom stereocenters. The molecule has 2 heteroatoms. The zero-order valence-electron chi connectivity index (χ0n) is 9.48. The summed E-state index contributed by atoms with van der Waals surface area (Å²) < 4.78 is 0. The normalized spacial score (nSPS) is 20.4. The minimum atomic E-state index is 0.113. The molecule has 0 spiro atoms. The molecule has 0 aliphatic heterocycles. The smallest absolute Gasteiger partial charge is 0.206 e. The van der Waals surface area contributed by atoms with Gasteiger partial charge in [-0.15, -0.1) is 0 Å². The van der Waals surface area contributed by atoms with Gasteiger partial charge in [-0.2, -0.15) is 0 Å². The van der Waals surface area contributed by atoms with Gasteiger partial charge in [0.25, 0.3) is 0 Å². The lowest BCUT2D eigenvalue weighted by atomic mass is 9.96. The van der Waals surface area contributed by atoms with Crippen LogP contribution in [0.2, 0.25) is 0 Å². The van der Waals surface area contributed by atoms with Crippen LogP contribution < -0.4 is 0 Å². The zero-order chi connectivity index (χ0) is 11.2. The molecule has 2 rings (SSSR count). The molecule has 0 aromatic carbocycles. The Morgan fingerprint density at radius 3 is 2.81 bits per heavy atom. The quantitative estimate of drug-likeness (QED) is 0.706. The average molecular weight is 215 g/mol. The van der Waals surface area contributed by atoms with Crippen molar-refractivity contribution in [1.29, 1.82) is 0 Å². The van der Waals surface area contributed by atoms with Gasteiger partial charge in [-0.05, 0) is 43.4 Å². The predicted octanol–water partition coefficient (Wildman–Crippen LogP) is 3.54. The number of pyridine rings is 1. The highest BCUT2D eigenvalue weighted by Crippen LogP contribution is 2.19. The van der Waals surface area contributed by atoms with E-state index >= 15 is 0 Å². The lowest BCUT2D eigenvalue weighted by Crippen LogP contribution is -2.06. The van der Waals surface area contributed by atoms with Gasteiger partial charge in [0.05, 0.1) is 0 Å². The third-order valence-electron chi connectivity index (χ3n) is 2.98. The minimum absolute atomic E-state index is 0.113. The van der Waals surface area contributed by atoms with Crippen LogP contribution in [0.4, 0.5) is 0 Å². The first-order valence-corrected chi connectivity index (χ1v) is 6.03. The highest BCUT2D eigenvalue weighted by Gasteiger charge is 2.13. The Morgan fingerprint density at radius 1 is 1.12 bits per heavy atom. The van der Waals surface area contributed by atoms with E-state index in [1.54, 1.807) is 12.3 Å². The van der Waals surface area contributed by atoms with E-state index < -0.39 is 0 Å². The molecule has 0 amide bonds. The largest absolute Gasteiger partial charge is 0.287 e. The molecule has 0 saturated heterocycles. The highest BCUT2D eigenvalue weighted by atomic mass is 16.1. The van der Waals surface area contributed by atoms with Crippen molar-refractivity contribution in [2.75, 3.05) is 0 Å². The molecule has 0 bridgehead atoms. The van der Waals surface area contributed by atoms with Crippen molar-refractivity contribution < 1.29 is 4.79 Å². The van der Waals surface area contributed by atoms with Crippen molar-refractivity contribution in [2.45, 2.75) is 38.5 Å². The Balaban J connectivity index is 2.14. The number of carbonyl (C=O) groups is 1. The number of carbonyl (C=O) groups excluding carboxylic acids is 1. The minimum Gasteiger partial charge on any atom is -0.287 e. The second-order valence-electron chi connectivity index (χ2n) is 4.23. The van der Waals surface area contributed by atoms with Crippen molar-refractivity contribution in [2.24, 2.45) is 0 Å². The predicted molar refractivity (Wildman–Crippen MR) is 64.4 cm³/mol. The van der Waals surface area contributed by atoms with Gasteiger partial charge in [-0.25, -0.2) is 0 Å². The zero-order valence-corrected chi connectivity index (χ0v) is 9.48. The monoisotopic (exact) mass is 215 g/mol. The van der Waals surface area contributed by atoms with Crippen LogP contribution >= 0.6 is 0 Å². The second kappa shape index (κ2) is 5.59. The molecule has 84 valence electrons. The molecule has 1 heterocycles. The van der Waals surface area contributed by atoms with Crippen LogP contribution in [0.3, 0.4) is 0 Å². The number of nitrogens with zero attached hydrogens (tertiary/aromatic N) is 1. The van der Waals surface area contributed by atoms with E-state index in [0.717, 1.165) is 24.8 Å². The standard InChI is InChI=1S/C14H17NO/c16-14(13-10-6-7-11-15-13)12-8-4-2-1-3-5-9-12/h6-8,10-11H,1-5,9H2/b12-8+. The van der Waals surface area contributed by atoms with Crippen molar-refractivity contribution in [1.82, 2.24) is 4.98 Å². The maximum atomic E-state index is 12.1. The van der Waals surface area contributed by atoms with E-state index in [1.165, 1.54) is 19.3 Å². The van der Waals surface area contributed by atoms with Gasteiger partial charge in [0.15, 0.2) is 0 Å². The summed E-state index contributed by atoms with van der Waals surface area (Å²) in [5.41, 5.74) is 1.53. The summed E-state index contributed by atoms with van der Waals surface area (Å²) in [5.74, 6) is 0.113. The van der Waals surface area contributed by atoms with E-state index in [4.69, 9.17) is 0 Å². The lowest BCUT2D eigenvalue weighted by molar-refractivity contribution is 0.102. The Labute approximate surface area is 96.4 Å². The number of ketones is 1. The molecular formula is C14H17NO. The number of rotatable bonds is 2. The highest BCUT2D eigenvalue weighted by molar-refractivity contribution is 6.07. The Morgan fingerprint density at radius 2 is 2.00 bits per heavy atom. The fraction of sp³-hybridized carbons (Fsp3) is 0.429. The summed E-state index contributed by atoms with van der Waals surface area (Å²) in [5, 5.41) is 0. The van der Waals surface area contributed by atoms with E-state index in [0.29, 0.717) is 5.69 Å². The second-order valence-corrected chi connectivity index (χ2v) is 4.23. The molecule has 1 aromatic rings. The van der Waals surface area contributed by atoms with E-state index in [9.17, 15) is 4.79 Å². The average Bonchev–Trinajstić information content (AvgIpc) is 2.29. The maximum absolute atomic E-state index is 12.1. The number of allylic oxidation sites excluding steroid dienone is 2. The molecule has 1 aliphatic rings. The SMILES string of the molecule is O=C(/C1=C/CCCCCC1)c1ccccn1. The molecular weight excluding hydrogens is 198 g/mol. The molecule has 0 radical (unpaired) electrons. The van der Waals surface area contributed by atoms with Crippen LogP contribution in [0.15, 0.2) is 36.0 Å². The summed E-state index contributed by atoms with van der Waals surface area (Å²) in [7, 11) is 0. The van der Waals surface area contributed by atoms with Gasteiger partial charge >= 0.3 is 0 Å². The van der Waals surface area contributed by atoms with Gasteiger partial charge in [-0.1, -0.05) is 25.0 Å². The van der Waals surface area contributed by atoms with Crippen molar-refractivity contribution in [3.8, 4) is 0 Å². The fourth-order valence-electron chi connectivity index (χ4n) is 2.06. The van der Waals surface area contributed by atoms with Crippen LogP contribution in [0.25, 0.3) is 0 Å². The van der Waals surface area contributed by atoms with Crippen LogP contribution in [-0.4, -0.2) is 10.8 Å².